The van der Waals surface area contributed by atoms with Crippen LogP contribution in [-0.4, -0.2) is 41.9 Å². The van der Waals surface area contributed by atoms with E-state index in [0.29, 0.717) is 23.0 Å². The van der Waals surface area contributed by atoms with Crippen LogP contribution >= 0.6 is 0 Å². The number of rotatable bonds is 7. The molecule has 9 heteroatoms. The molecule has 0 unspecified atom stereocenters. The van der Waals surface area contributed by atoms with Gasteiger partial charge in [-0.3, -0.25) is 9.59 Å². The Hall–Kier alpha value is -3.59. The quantitative estimate of drug-likeness (QED) is 0.630. The maximum Gasteiger partial charge on any atom is 0.246 e. The number of anilines is 1. The molecule has 9 nitrogen and oxygen atoms in total. The number of carbonyl (C=O) groups is 2. The summed E-state index contributed by atoms with van der Waals surface area (Å²) < 4.78 is 17.2. The first kappa shape index (κ1) is 18.8. The fourth-order valence-corrected chi connectivity index (χ4v) is 3.11. The van der Waals surface area contributed by atoms with Crippen molar-refractivity contribution in [2.24, 2.45) is 0 Å². The smallest absolute Gasteiger partial charge is 0.246 e. The van der Waals surface area contributed by atoms with Crippen molar-refractivity contribution in [3.05, 3.63) is 48.3 Å². The lowest BCUT2D eigenvalue weighted by Gasteiger charge is -2.11. The molecule has 2 aromatic carbocycles. The maximum absolute atomic E-state index is 12.7. The minimum atomic E-state index is -0.254. The first-order valence-electron chi connectivity index (χ1n) is 9.03. The van der Waals surface area contributed by atoms with E-state index in [-0.39, 0.29) is 38.3 Å². The highest BCUT2D eigenvalue weighted by Gasteiger charge is 2.17. The molecule has 0 bridgehead atoms. The van der Waals surface area contributed by atoms with Gasteiger partial charge in [0, 0.05) is 18.9 Å². The molecule has 0 spiro atoms. The van der Waals surface area contributed by atoms with Crippen molar-refractivity contribution in [2.45, 2.75) is 13.1 Å². The Bertz CT molecular complexity index is 1060. The molecule has 2 N–H and O–H groups in total. The van der Waals surface area contributed by atoms with Crippen molar-refractivity contribution in [2.75, 3.05) is 25.8 Å². The molecule has 0 saturated heterocycles. The summed E-state index contributed by atoms with van der Waals surface area (Å²) >= 11 is 0. The summed E-state index contributed by atoms with van der Waals surface area (Å²) in [5, 5.41) is 5.60. The summed E-state index contributed by atoms with van der Waals surface area (Å²) in [7, 11) is 1.45. The van der Waals surface area contributed by atoms with Crippen molar-refractivity contribution in [1.82, 2.24) is 14.9 Å². The largest absolute Gasteiger partial charge is 0.454 e. The third kappa shape index (κ3) is 4.14. The third-order valence-corrected chi connectivity index (χ3v) is 4.41. The zero-order chi connectivity index (χ0) is 20.2. The minimum absolute atomic E-state index is 0.0369. The van der Waals surface area contributed by atoms with E-state index in [1.165, 1.54) is 7.11 Å². The molecule has 150 valence electrons. The molecule has 0 aliphatic carbocycles. The van der Waals surface area contributed by atoms with Gasteiger partial charge < -0.3 is 29.4 Å². The standard InChI is InChI=1S/C20H20N4O5/c1-27-11-20(26)21-9-18-23-14-4-2-3-5-15(14)24(18)10-19(25)22-13-6-7-16-17(8-13)29-12-28-16/h2-8H,9-12H2,1H3,(H,21,26)(H,22,25). The average Bonchev–Trinajstić information content (AvgIpc) is 3.31. The number of nitrogens with zero attached hydrogens (tertiary/aromatic N) is 2. The topological polar surface area (TPSA) is 104 Å². The number of carbonyl (C=O) groups excluding carboxylic acids is 2. The predicted molar refractivity (Wildman–Crippen MR) is 105 cm³/mol. The Morgan fingerprint density at radius 2 is 1.97 bits per heavy atom. The van der Waals surface area contributed by atoms with Gasteiger partial charge in [-0.25, -0.2) is 4.98 Å². The van der Waals surface area contributed by atoms with Crippen LogP contribution in [0.15, 0.2) is 42.5 Å². The van der Waals surface area contributed by atoms with Crippen LogP contribution in [0.5, 0.6) is 11.5 Å². The summed E-state index contributed by atoms with van der Waals surface area (Å²) in [6, 6.07) is 12.7. The second kappa shape index (κ2) is 8.19. The van der Waals surface area contributed by atoms with E-state index in [9.17, 15) is 9.59 Å². The van der Waals surface area contributed by atoms with Gasteiger partial charge in [0.05, 0.1) is 17.6 Å². The molecule has 3 aromatic rings. The molecule has 29 heavy (non-hydrogen) atoms. The molecular formula is C20H20N4O5. The van der Waals surface area contributed by atoms with Crippen LogP contribution in [0.2, 0.25) is 0 Å². The van der Waals surface area contributed by atoms with Crippen LogP contribution in [0, 0.1) is 0 Å². The first-order valence-corrected chi connectivity index (χ1v) is 9.03. The molecule has 0 fully saturated rings. The van der Waals surface area contributed by atoms with E-state index < -0.39 is 0 Å². The SMILES string of the molecule is COCC(=O)NCc1nc2ccccc2n1CC(=O)Nc1ccc2c(c1)OCO2. The monoisotopic (exact) mass is 396 g/mol. The highest BCUT2D eigenvalue weighted by molar-refractivity contribution is 5.92. The molecular weight excluding hydrogens is 376 g/mol. The zero-order valence-electron chi connectivity index (χ0n) is 15.8. The van der Waals surface area contributed by atoms with Crippen molar-refractivity contribution in [3.63, 3.8) is 0 Å². The number of methoxy groups -OCH3 is 1. The Labute approximate surface area is 166 Å². The van der Waals surface area contributed by atoms with Crippen molar-refractivity contribution in [3.8, 4) is 11.5 Å². The van der Waals surface area contributed by atoms with Gasteiger partial charge in [-0.05, 0) is 24.3 Å². The van der Waals surface area contributed by atoms with Gasteiger partial charge in [-0.15, -0.1) is 0 Å². The number of para-hydroxylation sites is 2. The van der Waals surface area contributed by atoms with Gasteiger partial charge >= 0.3 is 0 Å². The Balaban J connectivity index is 1.52. The number of hydrogen-bond acceptors (Lipinski definition) is 6. The van der Waals surface area contributed by atoms with E-state index in [2.05, 4.69) is 15.6 Å². The molecule has 2 heterocycles. The summed E-state index contributed by atoms with van der Waals surface area (Å²) in [6.07, 6.45) is 0. The molecule has 0 atom stereocenters. The van der Waals surface area contributed by atoms with Gasteiger partial charge in [0.2, 0.25) is 18.6 Å². The highest BCUT2D eigenvalue weighted by atomic mass is 16.7. The second-order valence-electron chi connectivity index (χ2n) is 6.43. The number of amides is 2. The van der Waals surface area contributed by atoms with E-state index >= 15 is 0 Å². The van der Waals surface area contributed by atoms with Gasteiger partial charge in [0.15, 0.2) is 11.5 Å². The van der Waals surface area contributed by atoms with E-state index in [0.717, 1.165) is 11.0 Å². The number of imidazole rings is 1. The fourth-order valence-electron chi connectivity index (χ4n) is 3.11. The first-order chi connectivity index (χ1) is 14.1. The molecule has 2 amide bonds. The summed E-state index contributed by atoms with van der Waals surface area (Å²) in [4.78, 5) is 28.9. The van der Waals surface area contributed by atoms with Crippen LogP contribution in [-0.2, 0) is 27.4 Å². The Kier molecular flexibility index (Phi) is 5.30. The second-order valence-corrected chi connectivity index (χ2v) is 6.43. The van der Waals surface area contributed by atoms with Gasteiger partial charge in [-0.1, -0.05) is 12.1 Å². The molecule has 0 saturated carbocycles. The van der Waals surface area contributed by atoms with Crippen LogP contribution in [0.1, 0.15) is 5.82 Å². The molecule has 4 rings (SSSR count). The number of benzene rings is 2. The highest BCUT2D eigenvalue weighted by Crippen LogP contribution is 2.34. The normalized spacial score (nSPS) is 12.2. The summed E-state index contributed by atoms with van der Waals surface area (Å²) in [5.41, 5.74) is 2.17. The van der Waals surface area contributed by atoms with Crippen LogP contribution in [0.4, 0.5) is 5.69 Å². The van der Waals surface area contributed by atoms with Crippen LogP contribution in [0.3, 0.4) is 0 Å². The molecule has 0 radical (unpaired) electrons. The summed E-state index contributed by atoms with van der Waals surface area (Å²) in [6.45, 7) is 0.370. The average molecular weight is 396 g/mol. The number of ether oxygens (including phenoxy) is 3. The zero-order valence-corrected chi connectivity index (χ0v) is 15.8. The van der Waals surface area contributed by atoms with Crippen LogP contribution < -0.4 is 20.1 Å². The lowest BCUT2D eigenvalue weighted by Crippen LogP contribution is -2.29. The van der Waals surface area contributed by atoms with E-state index in [1.807, 2.05) is 24.3 Å². The number of nitrogens with one attached hydrogen (secondary N) is 2. The fraction of sp³-hybridized carbons (Fsp3) is 0.250. The van der Waals surface area contributed by atoms with Gasteiger partial charge in [-0.2, -0.15) is 0 Å². The minimum Gasteiger partial charge on any atom is -0.454 e. The van der Waals surface area contributed by atoms with E-state index in [4.69, 9.17) is 14.2 Å². The summed E-state index contributed by atoms with van der Waals surface area (Å²) in [5.74, 6) is 1.35. The third-order valence-electron chi connectivity index (χ3n) is 4.41. The van der Waals surface area contributed by atoms with Gasteiger partial charge in [0.1, 0.15) is 19.0 Å². The number of fused-ring (bicyclic) bond motifs is 2. The van der Waals surface area contributed by atoms with Crippen molar-refractivity contribution in [1.29, 1.82) is 0 Å². The Morgan fingerprint density at radius 1 is 1.14 bits per heavy atom. The van der Waals surface area contributed by atoms with Crippen LogP contribution in [0.25, 0.3) is 11.0 Å². The Morgan fingerprint density at radius 3 is 2.83 bits per heavy atom. The number of hydrogen-bond donors (Lipinski definition) is 2. The van der Waals surface area contributed by atoms with Crippen molar-refractivity contribution >= 4 is 28.5 Å². The lowest BCUT2D eigenvalue weighted by molar-refractivity contribution is -0.124. The van der Waals surface area contributed by atoms with Crippen molar-refractivity contribution < 1.29 is 23.8 Å². The molecule has 1 aliphatic rings. The van der Waals surface area contributed by atoms with Gasteiger partial charge in [0.25, 0.3) is 0 Å². The maximum atomic E-state index is 12.7. The molecule has 1 aromatic heterocycles. The molecule has 1 aliphatic heterocycles. The predicted octanol–water partition coefficient (Wildman–Crippen LogP) is 1.67. The lowest BCUT2D eigenvalue weighted by atomic mass is 10.2. The number of aromatic nitrogens is 2. The van der Waals surface area contributed by atoms with E-state index in [1.54, 1.807) is 22.8 Å².